The van der Waals surface area contributed by atoms with Gasteiger partial charge in [-0.1, -0.05) is 19.4 Å². The number of aliphatic carboxylic acids is 1. The number of fused-ring (bicyclic) bond motifs is 5. The van der Waals surface area contributed by atoms with E-state index in [1.165, 1.54) is 12.3 Å². The fraction of sp³-hybridized carbons (Fsp3) is 0.640. The zero-order valence-electron chi connectivity index (χ0n) is 18.5. The average molecular weight is 443 g/mol. The molecule has 0 amide bonds. The number of carboxylic acid groups (broad SMARTS) is 1. The van der Waals surface area contributed by atoms with Gasteiger partial charge in [0.25, 0.3) is 0 Å². The Morgan fingerprint density at radius 2 is 1.97 bits per heavy atom. The smallest absolute Gasteiger partial charge is 0.375 e. The lowest BCUT2D eigenvalue weighted by Crippen LogP contribution is -2.62. The minimum absolute atomic E-state index is 0.00686. The van der Waals surface area contributed by atoms with E-state index in [1.807, 2.05) is 6.92 Å². The Morgan fingerprint density at radius 1 is 1.19 bits per heavy atom. The van der Waals surface area contributed by atoms with E-state index in [4.69, 9.17) is 9.15 Å². The zero-order valence-corrected chi connectivity index (χ0v) is 18.5. The van der Waals surface area contributed by atoms with Crippen LogP contribution in [0.4, 0.5) is 0 Å². The summed E-state index contributed by atoms with van der Waals surface area (Å²) in [5.41, 5.74) is -1.74. The first kappa shape index (κ1) is 21.4. The molecule has 3 saturated carbocycles. The number of rotatable bonds is 3. The van der Waals surface area contributed by atoms with Crippen molar-refractivity contribution in [2.24, 2.45) is 28.6 Å². The number of ether oxygens (including phenoxy) is 1. The van der Waals surface area contributed by atoms with E-state index in [9.17, 15) is 24.6 Å². The van der Waals surface area contributed by atoms with Crippen molar-refractivity contribution >= 4 is 17.7 Å². The van der Waals surface area contributed by atoms with Crippen LogP contribution < -0.4 is 0 Å². The van der Waals surface area contributed by atoms with E-state index in [2.05, 4.69) is 6.92 Å². The van der Waals surface area contributed by atoms with Gasteiger partial charge in [-0.05, 0) is 79.9 Å². The Bertz CT molecular complexity index is 994. The van der Waals surface area contributed by atoms with Crippen LogP contribution in [0.5, 0.6) is 0 Å². The molecule has 1 aromatic rings. The molecule has 32 heavy (non-hydrogen) atoms. The molecule has 2 N–H and O–H groups in total. The summed E-state index contributed by atoms with van der Waals surface area (Å²) >= 11 is 0. The van der Waals surface area contributed by atoms with E-state index in [0.717, 1.165) is 24.8 Å². The monoisotopic (exact) mass is 442 g/mol. The van der Waals surface area contributed by atoms with Crippen LogP contribution in [0.2, 0.25) is 0 Å². The molecule has 5 rings (SSSR count). The van der Waals surface area contributed by atoms with Crippen molar-refractivity contribution in [1.29, 1.82) is 0 Å². The van der Waals surface area contributed by atoms with Gasteiger partial charge >= 0.3 is 11.9 Å². The molecule has 0 radical (unpaired) electrons. The summed E-state index contributed by atoms with van der Waals surface area (Å²) in [4.78, 5) is 37.4. The summed E-state index contributed by atoms with van der Waals surface area (Å²) in [5.74, 6) is -1.74. The van der Waals surface area contributed by atoms with Gasteiger partial charge in [0, 0.05) is 11.8 Å². The Kier molecular flexibility index (Phi) is 4.72. The van der Waals surface area contributed by atoms with Gasteiger partial charge in [-0.15, -0.1) is 0 Å². The summed E-state index contributed by atoms with van der Waals surface area (Å²) in [6, 6.07) is 3.01. The second-order valence-electron chi connectivity index (χ2n) is 10.6. The summed E-state index contributed by atoms with van der Waals surface area (Å²) in [6.07, 6.45) is 6.26. The van der Waals surface area contributed by atoms with E-state index in [0.29, 0.717) is 12.8 Å². The quantitative estimate of drug-likeness (QED) is 0.685. The van der Waals surface area contributed by atoms with Gasteiger partial charge in [-0.25, -0.2) is 9.59 Å². The van der Waals surface area contributed by atoms with E-state index in [1.54, 1.807) is 12.1 Å². The van der Waals surface area contributed by atoms with Gasteiger partial charge < -0.3 is 19.4 Å². The molecule has 4 aliphatic carbocycles. The SMILES string of the molecule is C[C@]12CCC(=O)C=C1CC[C@@H]1[C@@H]2[C@@H](O)C[C@@]2(C)[C@H]1CC[C@]2(OC(=O)c1ccco1)C(=O)O. The highest BCUT2D eigenvalue weighted by molar-refractivity contribution is 5.92. The number of hydrogen-bond donors (Lipinski definition) is 2. The molecule has 7 heteroatoms. The second-order valence-corrected chi connectivity index (χ2v) is 10.6. The molecular weight excluding hydrogens is 412 g/mol. The van der Waals surface area contributed by atoms with Crippen molar-refractivity contribution in [2.75, 3.05) is 0 Å². The fourth-order valence-electron chi connectivity index (χ4n) is 7.84. The highest BCUT2D eigenvalue weighted by Gasteiger charge is 2.71. The standard InChI is InChI=1S/C25H30O7/c1-23-9-7-15(26)12-14(23)5-6-16-17-8-10-25(22(29)30,24(17,2)13-18(27)20(16)23)32-21(28)19-4-3-11-31-19/h3-4,11-12,16-18,20,27H,5-10,13H2,1-2H3,(H,29,30)/t16-,17-,18-,20+,23-,24-,25-/m0/s1. The minimum Gasteiger partial charge on any atom is -0.478 e. The van der Waals surface area contributed by atoms with Gasteiger partial charge in [-0.2, -0.15) is 0 Å². The summed E-state index contributed by atoms with van der Waals surface area (Å²) in [5, 5.41) is 21.8. The van der Waals surface area contributed by atoms with Gasteiger partial charge in [0.1, 0.15) is 0 Å². The Balaban J connectivity index is 1.52. The highest BCUT2D eigenvalue weighted by atomic mass is 16.6. The number of carboxylic acids is 1. The maximum absolute atomic E-state index is 12.7. The molecule has 0 spiro atoms. The maximum Gasteiger partial charge on any atom is 0.375 e. The number of aliphatic hydroxyl groups excluding tert-OH is 1. The molecule has 0 bridgehead atoms. The van der Waals surface area contributed by atoms with Gasteiger partial charge in [0.05, 0.1) is 12.4 Å². The first-order valence-electron chi connectivity index (χ1n) is 11.5. The predicted molar refractivity (Wildman–Crippen MR) is 113 cm³/mol. The Morgan fingerprint density at radius 3 is 2.66 bits per heavy atom. The van der Waals surface area contributed by atoms with Crippen molar-refractivity contribution in [3.05, 3.63) is 35.8 Å². The maximum atomic E-state index is 12.7. The van der Waals surface area contributed by atoms with Crippen molar-refractivity contribution in [3.63, 3.8) is 0 Å². The number of aliphatic hydroxyl groups is 1. The van der Waals surface area contributed by atoms with Crippen molar-refractivity contribution in [2.45, 2.75) is 70.5 Å². The normalized spacial score (nSPS) is 43.0. The predicted octanol–water partition coefficient (Wildman–Crippen LogP) is 3.76. The third kappa shape index (κ3) is 2.73. The number of furan rings is 1. The summed E-state index contributed by atoms with van der Waals surface area (Å²) in [7, 11) is 0. The van der Waals surface area contributed by atoms with Crippen LogP contribution in [-0.4, -0.2) is 39.6 Å². The Labute approximate surface area is 186 Å². The molecule has 7 nitrogen and oxygen atoms in total. The number of esters is 1. The second kappa shape index (κ2) is 7.04. The molecule has 0 aliphatic heterocycles. The molecule has 4 aliphatic rings. The molecule has 1 aromatic heterocycles. The summed E-state index contributed by atoms with van der Waals surface area (Å²) in [6.45, 7) is 4.02. The number of carbonyl (C=O) groups excluding carboxylic acids is 2. The third-order valence-corrected chi connectivity index (χ3v) is 9.35. The molecule has 7 atom stereocenters. The van der Waals surface area contributed by atoms with Crippen LogP contribution >= 0.6 is 0 Å². The first-order chi connectivity index (χ1) is 15.1. The molecule has 1 heterocycles. The lowest BCUT2D eigenvalue weighted by atomic mass is 9.45. The van der Waals surface area contributed by atoms with E-state index in [-0.39, 0.29) is 47.6 Å². The van der Waals surface area contributed by atoms with Crippen LogP contribution in [0.15, 0.2) is 34.5 Å². The van der Waals surface area contributed by atoms with Gasteiger partial charge in [0.15, 0.2) is 5.78 Å². The van der Waals surface area contributed by atoms with Crippen LogP contribution in [0.3, 0.4) is 0 Å². The molecule has 0 unspecified atom stereocenters. The van der Waals surface area contributed by atoms with E-state index >= 15 is 0 Å². The third-order valence-electron chi connectivity index (χ3n) is 9.35. The topological polar surface area (TPSA) is 114 Å². The average Bonchev–Trinajstić information content (AvgIpc) is 3.36. The number of allylic oxidation sites excluding steroid dienone is 1. The van der Waals surface area contributed by atoms with Gasteiger partial charge in [-0.3, -0.25) is 4.79 Å². The number of hydrogen-bond acceptors (Lipinski definition) is 6. The zero-order chi connectivity index (χ0) is 22.9. The van der Waals surface area contributed by atoms with Crippen LogP contribution in [-0.2, 0) is 14.3 Å². The summed E-state index contributed by atoms with van der Waals surface area (Å²) < 4.78 is 10.9. The molecule has 0 aromatic carbocycles. The highest BCUT2D eigenvalue weighted by Crippen LogP contribution is 2.68. The largest absolute Gasteiger partial charge is 0.478 e. The molecular formula is C25H30O7. The van der Waals surface area contributed by atoms with Crippen molar-refractivity contribution < 1.29 is 33.8 Å². The molecule has 3 fully saturated rings. The van der Waals surface area contributed by atoms with Gasteiger partial charge in [0.2, 0.25) is 11.4 Å². The minimum atomic E-state index is -1.72. The first-order valence-corrected chi connectivity index (χ1v) is 11.5. The molecule has 0 saturated heterocycles. The fourth-order valence-corrected chi connectivity index (χ4v) is 7.84. The lowest BCUT2D eigenvalue weighted by molar-refractivity contribution is -0.195. The van der Waals surface area contributed by atoms with Crippen molar-refractivity contribution in [1.82, 2.24) is 0 Å². The number of carbonyl (C=O) groups is 3. The van der Waals surface area contributed by atoms with Crippen LogP contribution in [0.25, 0.3) is 0 Å². The molecule has 172 valence electrons. The van der Waals surface area contributed by atoms with E-state index < -0.39 is 29.1 Å². The van der Waals surface area contributed by atoms with Crippen molar-refractivity contribution in [3.8, 4) is 0 Å². The van der Waals surface area contributed by atoms with Crippen LogP contribution in [0, 0.1) is 28.6 Å². The van der Waals surface area contributed by atoms with Crippen LogP contribution in [0.1, 0.15) is 69.3 Å². The lowest BCUT2D eigenvalue weighted by Gasteiger charge is -2.60. The Hall–Kier alpha value is -2.41. The number of ketones is 1.